The van der Waals surface area contributed by atoms with Crippen molar-refractivity contribution in [3.8, 4) is 11.4 Å². The first-order valence-corrected chi connectivity index (χ1v) is 5.97. The predicted octanol–water partition coefficient (Wildman–Crippen LogP) is 1.47. The highest BCUT2D eigenvalue weighted by Crippen LogP contribution is 2.21. The lowest BCUT2D eigenvalue weighted by Gasteiger charge is -1.95. The fraction of sp³-hybridized carbons (Fsp3) is 0.0833. The Morgan fingerprint density at radius 3 is 3.00 bits per heavy atom. The highest BCUT2D eigenvalue weighted by Gasteiger charge is 2.13. The average molecular weight is 286 g/mol. The van der Waals surface area contributed by atoms with Gasteiger partial charge in [0, 0.05) is 23.9 Å². The van der Waals surface area contributed by atoms with Crippen LogP contribution in [0.25, 0.3) is 11.4 Å². The van der Waals surface area contributed by atoms with Gasteiger partial charge in [-0.3, -0.25) is 14.8 Å². The Kier molecular flexibility index (Phi) is 3.07. The second-order valence-electron chi connectivity index (χ2n) is 4.29. The zero-order chi connectivity index (χ0) is 14.8. The highest BCUT2D eigenvalue weighted by molar-refractivity contribution is 5.58. The number of non-ortho nitro benzene ring substituents is 1. The zero-order valence-corrected chi connectivity index (χ0v) is 10.7. The molecule has 9 heteroatoms. The minimum atomic E-state index is -0.475. The van der Waals surface area contributed by atoms with Crippen molar-refractivity contribution < 1.29 is 9.45 Å². The third-order valence-corrected chi connectivity index (χ3v) is 2.73. The first-order chi connectivity index (χ1) is 10.1. The molecule has 21 heavy (non-hydrogen) atoms. The normalized spacial score (nSPS) is 10.7. The maximum absolute atomic E-state index is 10.8. The Morgan fingerprint density at radius 2 is 2.29 bits per heavy atom. The monoisotopic (exact) mass is 286 g/mol. The second-order valence-corrected chi connectivity index (χ2v) is 4.29. The van der Waals surface area contributed by atoms with Crippen LogP contribution in [0.4, 0.5) is 11.4 Å². The molecule has 2 aromatic heterocycles. The maximum atomic E-state index is 10.8. The number of hydrogen-bond acceptors (Lipinski definition) is 7. The SMILES string of the molecule is Nc1cnn(Cc2nc(-c3cccc([N+](=O)[O-])c3)no2)c1. The largest absolute Gasteiger partial charge is 0.396 e. The Bertz CT molecular complexity index is 794. The first-order valence-electron chi connectivity index (χ1n) is 5.97. The molecule has 106 valence electrons. The molecule has 0 aliphatic carbocycles. The van der Waals surface area contributed by atoms with Crippen LogP contribution in [0.2, 0.25) is 0 Å². The van der Waals surface area contributed by atoms with Gasteiger partial charge in [-0.05, 0) is 0 Å². The van der Waals surface area contributed by atoms with Crippen molar-refractivity contribution in [1.82, 2.24) is 19.9 Å². The molecule has 9 nitrogen and oxygen atoms in total. The number of hydrogen-bond donors (Lipinski definition) is 1. The molecule has 0 unspecified atom stereocenters. The fourth-order valence-electron chi connectivity index (χ4n) is 1.80. The number of nitro benzene ring substituents is 1. The molecular formula is C12H10N6O3. The molecule has 0 spiro atoms. The van der Waals surface area contributed by atoms with E-state index < -0.39 is 4.92 Å². The van der Waals surface area contributed by atoms with Crippen LogP contribution in [0, 0.1) is 10.1 Å². The van der Waals surface area contributed by atoms with E-state index >= 15 is 0 Å². The molecule has 3 aromatic rings. The summed E-state index contributed by atoms with van der Waals surface area (Å²) >= 11 is 0. The molecule has 3 rings (SSSR count). The number of nitrogens with two attached hydrogens (primary N) is 1. The van der Waals surface area contributed by atoms with Crippen LogP contribution in [0.5, 0.6) is 0 Å². The number of nitrogen functional groups attached to an aromatic ring is 1. The minimum Gasteiger partial charge on any atom is -0.396 e. The molecule has 2 N–H and O–H groups in total. The van der Waals surface area contributed by atoms with Gasteiger partial charge in [-0.2, -0.15) is 10.1 Å². The lowest BCUT2D eigenvalue weighted by molar-refractivity contribution is -0.384. The molecule has 0 amide bonds. The van der Waals surface area contributed by atoms with Crippen LogP contribution in [0.15, 0.2) is 41.2 Å². The molecule has 0 radical (unpaired) electrons. The minimum absolute atomic E-state index is 0.0290. The summed E-state index contributed by atoms with van der Waals surface area (Å²) < 4.78 is 6.66. The third kappa shape index (κ3) is 2.71. The molecule has 0 saturated carbocycles. The lowest BCUT2D eigenvalue weighted by Crippen LogP contribution is -2.00. The number of nitrogens with zero attached hydrogens (tertiary/aromatic N) is 5. The van der Waals surface area contributed by atoms with E-state index in [0.29, 0.717) is 17.1 Å². The summed E-state index contributed by atoms with van der Waals surface area (Å²) in [5, 5.41) is 18.6. The number of anilines is 1. The van der Waals surface area contributed by atoms with E-state index in [9.17, 15) is 10.1 Å². The van der Waals surface area contributed by atoms with Crippen molar-refractivity contribution in [3.05, 3.63) is 52.7 Å². The molecule has 2 heterocycles. The third-order valence-electron chi connectivity index (χ3n) is 2.73. The van der Waals surface area contributed by atoms with Crippen LogP contribution in [-0.2, 0) is 6.54 Å². The summed E-state index contributed by atoms with van der Waals surface area (Å²) in [7, 11) is 0. The topological polar surface area (TPSA) is 126 Å². The molecule has 0 bridgehead atoms. The van der Waals surface area contributed by atoms with Crippen LogP contribution in [0.1, 0.15) is 5.89 Å². The van der Waals surface area contributed by atoms with Crippen molar-refractivity contribution in [2.75, 3.05) is 5.73 Å². The molecule has 1 aromatic carbocycles. The molecule has 0 saturated heterocycles. The Labute approximate surface area is 118 Å². The Hall–Kier alpha value is -3.23. The van der Waals surface area contributed by atoms with Crippen LogP contribution in [0.3, 0.4) is 0 Å². The second kappa shape index (κ2) is 5.04. The van der Waals surface area contributed by atoms with Gasteiger partial charge in [-0.25, -0.2) is 0 Å². The average Bonchev–Trinajstić information content (AvgIpc) is 3.09. The molecule has 0 fully saturated rings. The first kappa shape index (κ1) is 12.8. The fourth-order valence-corrected chi connectivity index (χ4v) is 1.80. The van der Waals surface area contributed by atoms with Gasteiger partial charge in [0.25, 0.3) is 5.69 Å². The Morgan fingerprint density at radius 1 is 1.43 bits per heavy atom. The van der Waals surface area contributed by atoms with Crippen molar-refractivity contribution >= 4 is 11.4 Å². The van der Waals surface area contributed by atoms with Gasteiger partial charge < -0.3 is 10.3 Å². The van der Waals surface area contributed by atoms with E-state index in [1.54, 1.807) is 23.0 Å². The molecule has 0 aliphatic rings. The number of rotatable bonds is 4. The van der Waals surface area contributed by atoms with Gasteiger partial charge >= 0.3 is 0 Å². The molecule has 0 atom stereocenters. The summed E-state index contributed by atoms with van der Waals surface area (Å²) in [6, 6.07) is 6.03. The van der Waals surface area contributed by atoms with Gasteiger partial charge in [-0.1, -0.05) is 17.3 Å². The van der Waals surface area contributed by atoms with Crippen molar-refractivity contribution in [2.45, 2.75) is 6.54 Å². The maximum Gasteiger partial charge on any atom is 0.270 e. The van der Waals surface area contributed by atoms with Crippen LogP contribution >= 0.6 is 0 Å². The van der Waals surface area contributed by atoms with E-state index in [1.807, 2.05) is 0 Å². The van der Waals surface area contributed by atoms with Gasteiger partial charge in [-0.15, -0.1) is 0 Å². The van der Waals surface area contributed by atoms with Gasteiger partial charge in [0.2, 0.25) is 11.7 Å². The lowest BCUT2D eigenvalue weighted by atomic mass is 10.2. The van der Waals surface area contributed by atoms with E-state index in [0.717, 1.165) is 0 Å². The van der Waals surface area contributed by atoms with Crippen molar-refractivity contribution in [3.63, 3.8) is 0 Å². The van der Waals surface area contributed by atoms with E-state index in [2.05, 4.69) is 15.2 Å². The highest BCUT2D eigenvalue weighted by atomic mass is 16.6. The standard InChI is InChI=1S/C12H10N6O3/c13-9-5-14-17(6-9)7-11-15-12(16-21-11)8-2-1-3-10(4-8)18(19)20/h1-6H,7,13H2. The quantitative estimate of drug-likeness (QED) is 0.568. The molecule has 0 aliphatic heterocycles. The summed E-state index contributed by atoms with van der Waals surface area (Å²) in [4.78, 5) is 14.5. The predicted molar refractivity (Wildman–Crippen MR) is 72.1 cm³/mol. The van der Waals surface area contributed by atoms with E-state index in [1.165, 1.54) is 18.3 Å². The summed E-state index contributed by atoms with van der Waals surface area (Å²) in [5.41, 5.74) is 6.58. The number of benzene rings is 1. The van der Waals surface area contributed by atoms with E-state index in [-0.39, 0.29) is 18.1 Å². The van der Waals surface area contributed by atoms with Gasteiger partial charge in [0.1, 0.15) is 6.54 Å². The summed E-state index contributed by atoms with van der Waals surface area (Å²) in [5.74, 6) is 0.619. The number of aromatic nitrogens is 4. The summed E-state index contributed by atoms with van der Waals surface area (Å²) in [6.45, 7) is 0.277. The van der Waals surface area contributed by atoms with Crippen molar-refractivity contribution in [2.24, 2.45) is 0 Å². The van der Waals surface area contributed by atoms with E-state index in [4.69, 9.17) is 10.3 Å². The number of nitro groups is 1. The van der Waals surface area contributed by atoms with Gasteiger partial charge in [0.15, 0.2) is 0 Å². The smallest absolute Gasteiger partial charge is 0.270 e. The summed E-state index contributed by atoms with van der Waals surface area (Å²) in [6.07, 6.45) is 3.15. The molecular weight excluding hydrogens is 276 g/mol. The van der Waals surface area contributed by atoms with Gasteiger partial charge in [0.05, 0.1) is 16.8 Å². The van der Waals surface area contributed by atoms with Crippen LogP contribution < -0.4 is 5.73 Å². The Balaban J connectivity index is 1.84. The zero-order valence-electron chi connectivity index (χ0n) is 10.7. The van der Waals surface area contributed by atoms with Crippen molar-refractivity contribution in [1.29, 1.82) is 0 Å². The van der Waals surface area contributed by atoms with Crippen LogP contribution in [-0.4, -0.2) is 24.8 Å².